The number of nitrogens with zero attached hydrogens (tertiary/aromatic N) is 1. The van der Waals surface area contributed by atoms with Crippen LogP contribution in [0.25, 0.3) is 22.1 Å². The third-order valence-corrected chi connectivity index (χ3v) is 5.97. The Hall–Kier alpha value is -2.79. The number of hydrogen-bond donors (Lipinski definition) is 0. The second kappa shape index (κ2) is 7.80. The molecule has 4 aromatic rings. The quantitative estimate of drug-likeness (QED) is 0.362. The van der Waals surface area contributed by atoms with Crippen molar-refractivity contribution in [2.45, 2.75) is 13.1 Å². The minimum atomic E-state index is -0.378. The molecule has 5 rings (SSSR count). The van der Waals surface area contributed by atoms with E-state index in [0.717, 1.165) is 33.4 Å². The molecule has 0 amide bonds. The molecule has 0 spiro atoms. The van der Waals surface area contributed by atoms with Gasteiger partial charge in [-0.3, -0.25) is 4.90 Å². The molecule has 1 aromatic heterocycles. The molecular weight excluding hydrogens is 421 g/mol. The molecule has 0 bridgehead atoms. The van der Waals surface area contributed by atoms with Crippen LogP contribution >= 0.6 is 23.2 Å². The average molecular weight is 438 g/mol. The van der Waals surface area contributed by atoms with Crippen molar-refractivity contribution >= 4 is 34.2 Å². The van der Waals surface area contributed by atoms with Crippen LogP contribution in [0.3, 0.4) is 0 Å². The van der Waals surface area contributed by atoms with Crippen LogP contribution < -0.4 is 10.4 Å². The topological polar surface area (TPSA) is 42.7 Å². The van der Waals surface area contributed by atoms with E-state index in [-0.39, 0.29) is 5.63 Å². The molecule has 30 heavy (non-hydrogen) atoms. The molecular formula is C24H17Cl2NO3. The predicted molar refractivity (Wildman–Crippen MR) is 119 cm³/mol. The molecule has 1 aliphatic heterocycles. The van der Waals surface area contributed by atoms with Crippen LogP contribution in [0.5, 0.6) is 5.75 Å². The summed E-state index contributed by atoms with van der Waals surface area (Å²) in [6, 6.07) is 20.9. The van der Waals surface area contributed by atoms with Gasteiger partial charge in [-0.1, -0.05) is 59.6 Å². The molecule has 2 heterocycles. The monoisotopic (exact) mass is 437 g/mol. The Labute approximate surface area is 183 Å². The standard InChI is InChI=1S/C24H17Cl2NO3/c25-20-8-6-15(10-21(20)26)12-27-13-19-22(29-14-27)9-7-17-18(11-23(28)30-24(17)19)16-4-2-1-3-5-16/h1-11H,12-14H2. The van der Waals surface area contributed by atoms with E-state index < -0.39 is 0 Å². The molecule has 0 unspecified atom stereocenters. The molecule has 0 atom stereocenters. The molecule has 150 valence electrons. The Morgan fingerprint density at radius 3 is 2.57 bits per heavy atom. The van der Waals surface area contributed by atoms with E-state index in [1.165, 1.54) is 0 Å². The Morgan fingerprint density at radius 1 is 0.933 bits per heavy atom. The summed E-state index contributed by atoms with van der Waals surface area (Å²) >= 11 is 12.2. The molecule has 0 fully saturated rings. The van der Waals surface area contributed by atoms with Crippen molar-refractivity contribution in [3.63, 3.8) is 0 Å². The van der Waals surface area contributed by atoms with Gasteiger partial charge < -0.3 is 9.15 Å². The van der Waals surface area contributed by atoms with Crippen LogP contribution in [0, 0.1) is 0 Å². The van der Waals surface area contributed by atoms with Crippen LogP contribution in [-0.2, 0) is 13.1 Å². The third kappa shape index (κ3) is 3.58. The van der Waals surface area contributed by atoms with Crippen molar-refractivity contribution in [3.05, 3.63) is 98.3 Å². The highest BCUT2D eigenvalue weighted by Gasteiger charge is 2.23. The lowest BCUT2D eigenvalue weighted by Gasteiger charge is -2.29. The van der Waals surface area contributed by atoms with E-state index >= 15 is 0 Å². The van der Waals surface area contributed by atoms with Crippen LogP contribution in [0.4, 0.5) is 0 Å². The van der Waals surface area contributed by atoms with Gasteiger partial charge >= 0.3 is 5.63 Å². The number of ether oxygens (including phenoxy) is 1. The second-order valence-corrected chi connectivity index (χ2v) is 8.09. The van der Waals surface area contributed by atoms with Gasteiger partial charge in [0.25, 0.3) is 0 Å². The Kier molecular flexibility index (Phi) is 4.99. The highest BCUT2D eigenvalue weighted by Crippen LogP contribution is 2.36. The Morgan fingerprint density at radius 2 is 1.77 bits per heavy atom. The third-order valence-electron chi connectivity index (χ3n) is 5.23. The van der Waals surface area contributed by atoms with E-state index in [1.807, 2.05) is 54.6 Å². The van der Waals surface area contributed by atoms with Crippen molar-refractivity contribution in [3.8, 4) is 16.9 Å². The van der Waals surface area contributed by atoms with E-state index in [4.69, 9.17) is 32.4 Å². The van der Waals surface area contributed by atoms with Crippen molar-refractivity contribution in [2.75, 3.05) is 6.73 Å². The molecule has 6 heteroatoms. The van der Waals surface area contributed by atoms with Gasteiger partial charge in [0.05, 0.1) is 15.6 Å². The predicted octanol–water partition coefficient (Wildman–Crippen LogP) is 6.12. The first-order valence-electron chi connectivity index (χ1n) is 9.53. The largest absolute Gasteiger partial charge is 0.478 e. The molecule has 0 radical (unpaired) electrons. The summed E-state index contributed by atoms with van der Waals surface area (Å²) in [5.41, 5.74) is 3.91. The maximum absolute atomic E-state index is 12.4. The van der Waals surface area contributed by atoms with Crippen molar-refractivity contribution in [1.29, 1.82) is 0 Å². The fourth-order valence-corrected chi connectivity index (χ4v) is 4.15. The highest BCUT2D eigenvalue weighted by molar-refractivity contribution is 6.42. The van der Waals surface area contributed by atoms with E-state index in [2.05, 4.69) is 4.90 Å². The summed E-state index contributed by atoms with van der Waals surface area (Å²) in [6.45, 7) is 1.66. The first-order chi connectivity index (χ1) is 14.6. The van der Waals surface area contributed by atoms with Gasteiger partial charge in [0.15, 0.2) is 0 Å². The summed E-state index contributed by atoms with van der Waals surface area (Å²) in [4.78, 5) is 14.5. The molecule has 0 saturated heterocycles. The minimum absolute atomic E-state index is 0.378. The van der Waals surface area contributed by atoms with Crippen molar-refractivity contribution in [2.24, 2.45) is 0 Å². The van der Waals surface area contributed by atoms with Crippen LogP contribution in [-0.4, -0.2) is 11.6 Å². The molecule has 0 saturated carbocycles. The first-order valence-corrected chi connectivity index (χ1v) is 10.3. The normalized spacial score (nSPS) is 13.8. The summed E-state index contributed by atoms with van der Waals surface area (Å²) < 4.78 is 11.6. The lowest BCUT2D eigenvalue weighted by Crippen LogP contribution is -2.31. The van der Waals surface area contributed by atoms with Gasteiger partial charge in [0.1, 0.15) is 18.1 Å². The average Bonchev–Trinajstić information content (AvgIpc) is 2.76. The smallest absolute Gasteiger partial charge is 0.336 e. The molecule has 3 aromatic carbocycles. The number of halogens is 2. The van der Waals surface area contributed by atoms with Gasteiger partial charge in [-0.05, 0) is 41.0 Å². The number of rotatable bonds is 3. The fourth-order valence-electron chi connectivity index (χ4n) is 3.83. The maximum atomic E-state index is 12.4. The minimum Gasteiger partial charge on any atom is -0.478 e. The highest BCUT2D eigenvalue weighted by atomic mass is 35.5. The molecule has 0 aliphatic carbocycles. The van der Waals surface area contributed by atoms with Crippen LogP contribution in [0.2, 0.25) is 10.0 Å². The van der Waals surface area contributed by atoms with Crippen molar-refractivity contribution < 1.29 is 9.15 Å². The van der Waals surface area contributed by atoms with Crippen LogP contribution in [0.1, 0.15) is 11.1 Å². The van der Waals surface area contributed by atoms with Gasteiger partial charge in [0, 0.05) is 24.5 Å². The van der Waals surface area contributed by atoms with E-state index in [9.17, 15) is 4.79 Å². The van der Waals surface area contributed by atoms with E-state index in [0.29, 0.717) is 35.4 Å². The zero-order valence-corrected chi connectivity index (χ0v) is 17.4. The zero-order valence-electron chi connectivity index (χ0n) is 15.9. The summed E-state index contributed by atoms with van der Waals surface area (Å²) in [5, 5.41) is 1.94. The Bertz CT molecular complexity index is 1300. The molecule has 1 aliphatic rings. The lowest BCUT2D eigenvalue weighted by atomic mass is 9.99. The molecule has 0 N–H and O–H groups in total. The maximum Gasteiger partial charge on any atom is 0.336 e. The summed E-state index contributed by atoms with van der Waals surface area (Å²) in [6.07, 6.45) is 0. The zero-order chi connectivity index (χ0) is 20.7. The second-order valence-electron chi connectivity index (χ2n) is 7.27. The van der Waals surface area contributed by atoms with Gasteiger partial charge in [0.2, 0.25) is 0 Å². The van der Waals surface area contributed by atoms with E-state index in [1.54, 1.807) is 12.1 Å². The van der Waals surface area contributed by atoms with Gasteiger partial charge in [-0.2, -0.15) is 0 Å². The van der Waals surface area contributed by atoms with Crippen LogP contribution in [0.15, 0.2) is 75.9 Å². The summed E-state index contributed by atoms with van der Waals surface area (Å²) in [5.74, 6) is 0.737. The lowest BCUT2D eigenvalue weighted by molar-refractivity contribution is 0.0890. The fraction of sp³-hybridized carbons (Fsp3) is 0.125. The number of hydrogen-bond acceptors (Lipinski definition) is 4. The summed E-state index contributed by atoms with van der Waals surface area (Å²) in [7, 11) is 0. The SMILES string of the molecule is O=c1cc(-c2ccccc2)c2ccc3c(c2o1)CN(Cc1ccc(Cl)c(Cl)c1)CO3. The van der Waals surface area contributed by atoms with Crippen molar-refractivity contribution in [1.82, 2.24) is 4.90 Å². The number of benzene rings is 3. The first kappa shape index (κ1) is 19.2. The van der Waals surface area contributed by atoms with Gasteiger partial charge in [-0.15, -0.1) is 0 Å². The Balaban J connectivity index is 1.55. The van der Waals surface area contributed by atoms with Gasteiger partial charge in [-0.25, -0.2) is 4.79 Å². The number of fused-ring (bicyclic) bond motifs is 3. The molecule has 4 nitrogen and oxygen atoms in total.